The normalized spacial score (nSPS) is 10.4. The van der Waals surface area contributed by atoms with E-state index in [4.69, 9.17) is 21.8 Å². The van der Waals surface area contributed by atoms with Gasteiger partial charge in [0.1, 0.15) is 10.8 Å². The fraction of sp³-hybridized carbons (Fsp3) is 0. The lowest BCUT2D eigenvalue weighted by molar-refractivity contribution is 0.184. The van der Waals surface area contributed by atoms with Crippen LogP contribution in [0.1, 0.15) is 0 Å². The first kappa shape index (κ1) is 11.1. The molecule has 0 aliphatic heterocycles. The van der Waals surface area contributed by atoms with Crippen LogP contribution >= 0.6 is 11.6 Å². The lowest BCUT2D eigenvalue weighted by atomic mass is 10.4. The molecule has 0 aromatic carbocycles. The molecule has 2 heterocycles. The third-order valence-corrected chi connectivity index (χ3v) is 2.23. The van der Waals surface area contributed by atoms with E-state index in [1.165, 1.54) is 6.20 Å². The molecule has 0 atom stereocenters. The van der Waals surface area contributed by atoms with Crippen molar-refractivity contribution < 1.29 is 19.8 Å². The van der Waals surface area contributed by atoms with Gasteiger partial charge >= 0.3 is 12.2 Å². The standard InChI is InChI=1S/C8H5ClN4O4/c9-4-3-1-2-10-5(3)12-6(11-4)13(7(14)15)8(16)17/h1-2H,(H,14,15)(H,16,17)(H,10,11,12). The van der Waals surface area contributed by atoms with Crippen molar-refractivity contribution in [1.29, 1.82) is 0 Å². The summed E-state index contributed by atoms with van der Waals surface area (Å²) >= 11 is 5.77. The van der Waals surface area contributed by atoms with Crippen molar-refractivity contribution in [3.63, 3.8) is 0 Å². The summed E-state index contributed by atoms with van der Waals surface area (Å²) in [5.74, 6) is -0.523. The summed E-state index contributed by atoms with van der Waals surface area (Å²) in [6, 6.07) is 1.59. The minimum atomic E-state index is -1.71. The Morgan fingerprint density at radius 1 is 1.29 bits per heavy atom. The molecule has 0 fully saturated rings. The van der Waals surface area contributed by atoms with Gasteiger partial charge in [-0.15, -0.1) is 4.90 Å². The number of hydrogen-bond donors (Lipinski definition) is 3. The van der Waals surface area contributed by atoms with Crippen molar-refractivity contribution in [2.45, 2.75) is 0 Å². The third-order valence-electron chi connectivity index (χ3n) is 1.94. The minimum absolute atomic E-state index is 0.0217. The Balaban J connectivity index is 2.61. The number of amides is 2. The second-order valence-corrected chi connectivity index (χ2v) is 3.31. The van der Waals surface area contributed by atoms with E-state index in [9.17, 15) is 9.59 Å². The molecular weight excluding hydrogens is 252 g/mol. The number of nitrogens with one attached hydrogen (secondary N) is 1. The van der Waals surface area contributed by atoms with Crippen LogP contribution in [0.5, 0.6) is 0 Å². The molecule has 8 nitrogen and oxygen atoms in total. The van der Waals surface area contributed by atoms with Gasteiger partial charge < -0.3 is 15.2 Å². The molecule has 3 N–H and O–H groups in total. The van der Waals surface area contributed by atoms with E-state index >= 15 is 0 Å². The van der Waals surface area contributed by atoms with Crippen LogP contribution in [0, 0.1) is 0 Å². The van der Waals surface area contributed by atoms with Gasteiger partial charge in [0.2, 0.25) is 5.95 Å². The van der Waals surface area contributed by atoms with Crippen LogP contribution in [0.2, 0.25) is 5.15 Å². The molecule has 2 aromatic heterocycles. The summed E-state index contributed by atoms with van der Waals surface area (Å²) in [6.07, 6.45) is -1.89. The van der Waals surface area contributed by atoms with E-state index in [1.807, 2.05) is 0 Å². The fourth-order valence-electron chi connectivity index (χ4n) is 1.25. The number of H-pyrrole nitrogens is 1. The number of nitrogens with zero attached hydrogens (tertiary/aromatic N) is 3. The number of aromatic nitrogens is 3. The number of fused-ring (bicyclic) bond motifs is 1. The maximum atomic E-state index is 10.7. The Bertz CT molecular complexity index is 597. The second kappa shape index (κ2) is 3.91. The van der Waals surface area contributed by atoms with Crippen LogP contribution in [0.15, 0.2) is 12.3 Å². The first-order valence-electron chi connectivity index (χ1n) is 4.27. The molecule has 0 radical (unpaired) electrons. The number of carbonyl (C=O) groups is 2. The monoisotopic (exact) mass is 256 g/mol. The van der Waals surface area contributed by atoms with Crippen molar-refractivity contribution >= 4 is 40.8 Å². The number of carboxylic acid groups (broad SMARTS) is 2. The molecule has 0 spiro atoms. The van der Waals surface area contributed by atoms with Gasteiger partial charge in [-0.1, -0.05) is 11.6 Å². The zero-order chi connectivity index (χ0) is 12.6. The number of anilines is 1. The highest BCUT2D eigenvalue weighted by Crippen LogP contribution is 2.22. The van der Waals surface area contributed by atoms with Gasteiger partial charge in [-0.05, 0) is 6.07 Å². The topological polar surface area (TPSA) is 119 Å². The van der Waals surface area contributed by atoms with Crippen LogP contribution in [0.4, 0.5) is 15.5 Å². The summed E-state index contributed by atoms with van der Waals surface area (Å²) < 4.78 is 0. The molecule has 17 heavy (non-hydrogen) atoms. The zero-order valence-electron chi connectivity index (χ0n) is 8.09. The quantitative estimate of drug-likeness (QED) is 0.669. The molecule has 2 aromatic rings. The summed E-state index contributed by atoms with van der Waals surface area (Å²) in [5.41, 5.74) is 0.257. The molecule has 0 unspecified atom stereocenters. The highest BCUT2D eigenvalue weighted by molar-refractivity contribution is 6.34. The number of halogens is 1. The Hall–Kier alpha value is -2.35. The van der Waals surface area contributed by atoms with E-state index in [0.717, 1.165) is 0 Å². The minimum Gasteiger partial charge on any atom is -0.464 e. The van der Waals surface area contributed by atoms with Gasteiger partial charge in [-0.2, -0.15) is 9.97 Å². The van der Waals surface area contributed by atoms with Crippen LogP contribution in [-0.4, -0.2) is 37.4 Å². The lowest BCUT2D eigenvalue weighted by Crippen LogP contribution is -2.35. The molecule has 0 aliphatic carbocycles. The van der Waals surface area contributed by atoms with Crippen molar-refractivity contribution in [3.05, 3.63) is 17.4 Å². The summed E-state index contributed by atoms with van der Waals surface area (Å²) in [6.45, 7) is 0. The number of aromatic amines is 1. The van der Waals surface area contributed by atoms with Gasteiger partial charge in [0.25, 0.3) is 0 Å². The zero-order valence-corrected chi connectivity index (χ0v) is 8.84. The van der Waals surface area contributed by atoms with E-state index in [-0.39, 0.29) is 15.7 Å². The van der Waals surface area contributed by atoms with Gasteiger partial charge in [-0.25, -0.2) is 9.59 Å². The summed E-state index contributed by atoms with van der Waals surface area (Å²) in [5, 5.41) is 17.9. The van der Waals surface area contributed by atoms with Crippen LogP contribution < -0.4 is 4.90 Å². The van der Waals surface area contributed by atoms with Gasteiger partial charge in [-0.3, -0.25) is 0 Å². The molecule has 0 aliphatic rings. The van der Waals surface area contributed by atoms with Crippen molar-refractivity contribution in [2.24, 2.45) is 0 Å². The van der Waals surface area contributed by atoms with Crippen molar-refractivity contribution in [1.82, 2.24) is 15.0 Å². The molecule has 9 heteroatoms. The maximum Gasteiger partial charge on any atom is 0.424 e. The molecule has 88 valence electrons. The molecule has 0 bridgehead atoms. The molecular formula is C8H5ClN4O4. The molecule has 0 saturated heterocycles. The highest BCUT2D eigenvalue weighted by Gasteiger charge is 2.26. The van der Waals surface area contributed by atoms with E-state index in [2.05, 4.69) is 15.0 Å². The molecule has 2 rings (SSSR count). The lowest BCUT2D eigenvalue weighted by Gasteiger charge is -2.11. The average Bonchev–Trinajstić information content (AvgIpc) is 2.64. The van der Waals surface area contributed by atoms with Crippen molar-refractivity contribution in [3.8, 4) is 0 Å². The Morgan fingerprint density at radius 2 is 1.94 bits per heavy atom. The third kappa shape index (κ3) is 1.85. The van der Waals surface area contributed by atoms with E-state index in [0.29, 0.717) is 5.39 Å². The number of hydrogen-bond acceptors (Lipinski definition) is 4. The Morgan fingerprint density at radius 3 is 2.53 bits per heavy atom. The maximum absolute atomic E-state index is 10.7. The van der Waals surface area contributed by atoms with Crippen LogP contribution in [0.25, 0.3) is 11.0 Å². The number of imide groups is 1. The first-order valence-corrected chi connectivity index (χ1v) is 4.65. The van der Waals surface area contributed by atoms with Crippen LogP contribution in [0.3, 0.4) is 0 Å². The Kier molecular flexibility index (Phi) is 2.56. The SMILES string of the molecule is O=C(O)N(C(=O)O)c1nc(Cl)c2cc[nH]c2n1. The predicted molar refractivity (Wildman–Crippen MR) is 57.4 cm³/mol. The van der Waals surface area contributed by atoms with Crippen LogP contribution in [-0.2, 0) is 0 Å². The first-order chi connectivity index (χ1) is 8.00. The number of rotatable bonds is 1. The molecule has 0 saturated carbocycles. The molecule has 2 amide bonds. The van der Waals surface area contributed by atoms with Crippen molar-refractivity contribution in [2.75, 3.05) is 4.90 Å². The largest absolute Gasteiger partial charge is 0.464 e. The van der Waals surface area contributed by atoms with Gasteiger partial charge in [0.15, 0.2) is 0 Å². The van der Waals surface area contributed by atoms with Gasteiger partial charge in [0, 0.05) is 6.20 Å². The summed E-state index contributed by atoms with van der Waals surface area (Å²) in [7, 11) is 0. The van der Waals surface area contributed by atoms with E-state index in [1.54, 1.807) is 6.07 Å². The highest BCUT2D eigenvalue weighted by atomic mass is 35.5. The van der Waals surface area contributed by atoms with E-state index < -0.39 is 18.1 Å². The Labute approximate surface area is 98.5 Å². The summed E-state index contributed by atoms with van der Waals surface area (Å²) in [4.78, 5) is 31.5. The van der Waals surface area contributed by atoms with Gasteiger partial charge in [0.05, 0.1) is 5.39 Å². The second-order valence-electron chi connectivity index (χ2n) is 2.95. The predicted octanol–water partition coefficient (Wildman–Crippen LogP) is 1.77. The average molecular weight is 257 g/mol. The smallest absolute Gasteiger partial charge is 0.424 e. The fourth-order valence-corrected chi connectivity index (χ4v) is 1.47.